The van der Waals surface area contributed by atoms with Crippen LogP contribution in [0.5, 0.6) is 11.5 Å². The van der Waals surface area contributed by atoms with E-state index in [4.69, 9.17) is 0 Å². The van der Waals surface area contributed by atoms with Gasteiger partial charge in [-0.3, -0.25) is 0 Å². The second-order valence-corrected chi connectivity index (χ2v) is 4.18. The van der Waals surface area contributed by atoms with Crippen molar-refractivity contribution in [2.24, 2.45) is 0 Å². The predicted molar refractivity (Wildman–Crippen MR) is 58.2 cm³/mol. The van der Waals surface area contributed by atoms with Gasteiger partial charge in [0.25, 0.3) is 11.9 Å². The second-order valence-electron chi connectivity index (χ2n) is 3.33. The van der Waals surface area contributed by atoms with Gasteiger partial charge in [0, 0.05) is 0 Å². The molecule has 100 valence electrons. The van der Waals surface area contributed by atoms with Crippen molar-refractivity contribution in [1.82, 2.24) is 4.98 Å². The van der Waals surface area contributed by atoms with Crippen molar-refractivity contribution in [3.63, 3.8) is 0 Å². The Hall–Kier alpha value is -1.70. The van der Waals surface area contributed by atoms with E-state index in [2.05, 4.69) is 25.7 Å². The quantitative estimate of drug-likeness (QED) is 0.600. The SMILES string of the molecule is Fc1ccc(Oc2c(F)c(F)nc(F)c2F)cc1Br. The van der Waals surface area contributed by atoms with Gasteiger partial charge < -0.3 is 4.74 Å². The molecule has 0 fully saturated rings. The maximum absolute atomic E-state index is 13.3. The Labute approximate surface area is 112 Å². The first-order valence-corrected chi connectivity index (χ1v) is 5.52. The number of ether oxygens (including phenoxy) is 1. The normalized spacial score (nSPS) is 10.6. The largest absolute Gasteiger partial charge is 0.451 e. The van der Waals surface area contributed by atoms with E-state index in [1.165, 1.54) is 0 Å². The Morgan fingerprint density at radius 2 is 1.53 bits per heavy atom. The number of rotatable bonds is 2. The van der Waals surface area contributed by atoms with Crippen LogP contribution < -0.4 is 4.74 Å². The molecule has 0 radical (unpaired) electrons. The second kappa shape index (κ2) is 5.12. The molecule has 2 rings (SSSR count). The van der Waals surface area contributed by atoms with Gasteiger partial charge in [-0.25, -0.2) is 4.39 Å². The monoisotopic (exact) mass is 339 g/mol. The Morgan fingerprint density at radius 3 is 2.05 bits per heavy atom. The lowest BCUT2D eigenvalue weighted by molar-refractivity contribution is 0.343. The van der Waals surface area contributed by atoms with Gasteiger partial charge in [0.15, 0.2) is 0 Å². The third-order valence-electron chi connectivity index (χ3n) is 2.07. The van der Waals surface area contributed by atoms with E-state index in [-0.39, 0.29) is 10.2 Å². The molecule has 0 aliphatic rings. The number of aromatic nitrogens is 1. The lowest BCUT2D eigenvalue weighted by Gasteiger charge is -2.08. The van der Waals surface area contributed by atoms with Crippen LogP contribution in [0, 0.1) is 29.3 Å². The molecular weight excluding hydrogens is 337 g/mol. The highest BCUT2D eigenvalue weighted by molar-refractivity contribution is 9.10. The molecule has 0 spiro atoms. The van der Waals surface area contributed by atoms with Crippen LogP contribution in [-0.2, 0) is 0 Å². The van der Waals surface area contributed by atoms with E-state index in [0.29, 0.717) is 0 Å². The molecule has 1 heterocycles. The number of hydrogen-bond donors (Lipinski definition) is 0. The summed E-state index contributed by atoms with van der Waals surface area (Å²) in [5.41, 5.74) is 0. The highest BCUT2D eigenvalue weighted by atomic mass is 79.9. The molecule has 0 aliphatic carbocycles. The van der Waals surface area contributed by atoms with Gasteiger partial charge in [0.1, 0.15) is 11.6 Å². The smallest absolute Gasteiger partial charge is 0.255 e. The van der Waals surface area contributed by atoms with Crippen LogP contribution in [0.3, 0.4) is 0 Å². The molecule has 8 heteroatoms. The molecule has 0 bridgehead atoms. The Bertz CT molecular complexity index is 623. The summed E-state index contributed by atoms with van der Waals surface area (Å²) in [5.74, 6) is -9.37. The molecule has 2 aromatic rings. The Morgan fingerprint density at radius 1 is 0.947 bits per heavy atom. The van der Waals surface area contributed by atoms with E-state index in [1.54, 1.807) is 0 Å². The third-order valence-corrected chi connectivity index (χ3v) is 2.68. The molecule has 0 N–H and O–H groups in total. The minimum absolute atomic E-state index is 0.0409. The van der Waals surface area contributed by atoms with E-state index in [9.17, 15) is 22.0 Å². The minimum atomic E-state index is -1.84. The van der Waals surface area contributed by atoms with Crippen LogP contribution in [-0.4, -0.2) is 4.98 Å². The van der Waals surface area contributed by atoms with Crippen LogP contribution in [0.1, 0.15) is 0 Å². The maximum atomic E-state index is 13.3. The number of benzene rings is 1. The fourth-order valence-electron chi connectivity index (χ4n) is 1.22. The third kappa shape index (κ3) is 2.67. The van der Waals surface area contributed by atoms with Gasteiger partial charge in [-0.2, -0.15) is 22.5 Å². The van der Waals surface area contributed by atoms with Crippen LogP contribution in [0.2, 0.25) is 0 Å². The first-order chi connectivity index (χ1) is 8.90. The van der Waals surface area contributed by atoms with Crippen molar-refractivity contribution in [2.75, 3.05) is 0 Å². The van der Waals surface area contributed by atoms with Crippen LogP contribution in [0.15, 0.2) is 22.7 Å². The molecule has 0 saturated heterocycles. The standard InChI is InChI=1S/C11H3BrF5NO/c12-5-3-4(1-2-6(5)13)19-9-7(14)10(16)18-11(17)8(9)15/h1-3H. The zero-order valence-electron chi connectivity index (χ0n) is 8.86. The number of halogens is 6. The minimum Gasteiger partial charge on any atom is -0.451 e. The summed E-state index contributed by atoms with van der Waals surface area (Å²) >= 11 is 2.82. The summed E-state index contributed by atoms with van der Waals surface area (Å²) in [6.45, 7) is 0. The fourth-order valence-corrected chi connectivity index (χ4v) is 1.57. The van der Waals surface area contributed by atoms with Crippen molar-refractivity contribution in [3.8, 4) is 11.5 Å². The summed E-state index contributed by atoms with van der Waals surface area (Å²) in [5, 5.41) is 0. The topological polar surface area (TPSA) is 22.1 Å². The van der Waals surface area contributed by atoms with Crippen molar-refractivity contribution >= 4 is 15.9 Å². The van der Waals surface area contributed by atoms with Crippen molar-refractivity contribution in [2.45, 2.75) is 0 Å². The lowest BCUT2D eigenvalue weighted by Crippen LogP contribution is -2.03. The molecule has 0 unspecified atom stereocenters. The average molecular weight is 340 g/mol. The van der Waals surface area contributed by atoms with Gasteiger partial charge in [0.2, 0.25) is 17.4 Å². The van der Waals surface area contributed by atoms with Crippen LogP contribution in [0.25, 0.3) is 0 Å². The summed E-state index contributed by atoms with van der Waals surface area (Å²) in [6.07, 6.45) is 0. The van der Waals surface area contributed by atoms with Crippen molar-refractivity contribution in [3.05, 3.63) is 52.0 Å². The molecule has 2 nitrogen and oxygen atoms in total. The van der Waals surface area contributed by atoms with Crippen molar-refractivity contribution in [1.29, 1.82) is 0 Å². The zero-order chi connectivity index (χ0) is 14.2. The van der Waals surface area contributed by atoms with E-state index in [1.807, 2.05) is 0 Å². The van der Waals surface area contributed by atoms with E-state index in [0.717, 1.165) is 18.2 Å². The molecule has 19 heavy (non-hydrogen) atoms. The fraction of sp³-hybridized carbons (Fsp3) is 0. The first kappa shape index (κ1) is 13.7. The molecule has 1 aromatic carbocycles. The van der Waals surface area contributed by atoms with E-state index >= 15 is 0 Å². The van der Waals surface area contributed by atoms with Gasteiger partial charge in [-0.1, -0.05) is 0 Å². The van der Waals surface area contributed by atoms with Gasteiger partial charge in [-0.05, 0) is 34.1 Å². The van der Waals surface area contributed by atoms with Gasteiger partial charge >= 0.3 is 0 Å². The summed E-state index contributed by atoms with van der Waals surface area (Å²) < 4.78 is 69.7. The molecule has 0 atom stereocenters. The maximum Gasteiger partial charge on any atom is 0.255 e. The van der Waals surface area contributed by atoms with Crippen molar-refractivity contribution < 1.29 is 26.7 Å². The lowest BCUT2D eigenvalue weighted by atomic mass is 10.3. The molecular formula is C11H3BrF5NO. The highest BCUT2D eigenvalue weighted by Gasteiger charge is 2.23. The van der Waals surface area contributed by atoms with Crippen LogP contribution >= 0.6 is 15.9 Å². The van der Waals surface area contributed by atoms with Gasteiger partial charge in [0.05, 0.1) is 4.47 Å². The summed E-state index contributed by atoms with van der Waals surface area (Å²) in [6, 6.07) is 3.03. The Kier molecular flexibility index (Phi) is 3.70. The predicted octanol–water partition coefficient (Wildman–Crippen LogP) is 4.33. The molecule has 1 aromatic heterocycles. The first-order valence-electron chi connectivity index (χ1n) is 4.73. The number of nitrogens with zero attached hydrogens (tertiary/aromatic N) is 1. The van der Waals surface area contributed by atoms with E-state index < -0.39 is 35.1 Å². The summed E-state index contributed by atoms with van der Waals surface area (Å²) in [4.78, 5) is 2.37. The van der Waals surface area contributed by atoms with Gasteiger partial charge in [-0.15, -0.1) is 0 Å². The van der Waals surface area contributed by atoms with Crippen LogP contribution in [0.4, 0.5) is 22.0 Å². The number of pyridine rings is 1. The zero-order valence-corrected chi connectivity index (χ0v) is 10.4. The Balaban J connectivity index is 2.46. The molecule has 0 aliphatic heterocycles. The number of hydrogen-bond acceptors (Lipinski definition) is 2. The summed E-state index contributed by atoms with van der Waals surface area (Å²) in [7, 11) is 0. The molecule has 0 amide bonds. The highest BCUT2D eigenvalue weighted by Crippen LogP contribution is 2.31. The molecule has 0 saturated carbocycles. The average Bonchev–Trinajstić information content (AvgIpc) is 2.36.